The number of fused-ring (bicyclic) bond motifs is 1. The van der Waals surface area contributed by atoms with Gasteiger partial charge in [-0.1, -0.05) is 0 Å². The first-order chi connectivity index (χ1) is 14.8. The van der Waals surface area contributed by atoms with E-state index in [9.17, 15) is 14.4 Å². The van der Waals surface area contributed by atoms with Crippen LogP contribution in [0.25, 0.3) is 0 Å². The van der Waals surface area contributed by atoms with Crippen LogP contribution in [0.3, 0.4) is 0 Å². The average molecular weight is 426 g/mol. The van der Waals surface area contributed by atoms with Gasteiger partial charge in [-0.05, 0) is 52.5 Å². The maximum atomic E-state index is 12.9. The van der Waals surface area contributed by atoms with Crippen LogP contribution in [0.15, 0.2) is 15.7 Å². The van der Waals surface area contributed by atoms with Crippen LogP contribution < -0.4 is 11.2 Å². The molecule has 8 heteroatoms. The summed E-state index contributed by atoms with van der Waals surface area (Å²) in [4.78, 5) is 47.6. The lowest BCUT2D eigenvalue weighted by Crippen LogP contribution is -2.40. The maximum absolute atomic E-state index is 12.9. The Kier molecular flexibility index (Phi) is 6.07. The number of piperidine rings is 1. The molecule has 2 aliphatic rings. The molecule has 4 heterocycles. The fraction of sp³-hybridized carbons (Fsp3) is 0.609. The van der Waals surface area contributed by atoms with Gasteiger partial charge in [-0.25, -0.2) is 4.79 Å². The van der Waals surface area contributed by atoms with Gasteiger partial charge in [0.2, 0.25) is 5.91 Å². The third-order valence-electron chi connectivity index (χ3n) is 6.60. The number of hydrogen-bond donors (Lipinski definition) is 0. The Morgan fingerprint density at radius 2 is 1.94 bits per heavy atom. The van der Waals surface area contributed by atoms with E-state index < -0.39 is 0 Å². The summed E-state index contributed by atoms with van der Waals surface area (Å²) in [6, 6.07) is 1.88. The van der Waals surface area contributed by atoms with Crippen LogP contribution >= 0.6 is 0 Å². The van der Waals surface area contributed by atoms with Gasteiger partial charge in [-0.15, -0.1) is 0 Å². The van der Waals surface area contributed by atoms with Crippen molar-refractivity contribution < 1.29 is 4.79 Å². The van der Waals surface area contributed by atoms with Crippen molar-refractivity contribution in [1.82, 2.24) is 24.0 Å². The number of amides is 1. The molecule has 0 spiro atoms. The van der Waals surface area contributed by atoms with E-state index in [0.717, 1.165) is 61.5 Å². The average Bonchev–Trinajstić information content (AvgIpc) is 3.18. The lowest BCUT2D eigenvalue weighted by molar-refractivity contribution is -0.132. The van der Waals surface area contributed by atoms with E-state index >= 15 is 0 Å². The molecule has 2 aromatic heterocycles. The molecule has 0 radical (unpaired) electrons. The minimum atomic E-state index is -0.254. The Bertz CT molecular complexity index is 1120. The quantitative estimate of drug-likeness (QED) is 0.729. The van der Waals surface area contributed by atoms with Gasteiger partial charge in [-0.3, -0.25) is 14.2 Å². The van der Waals surface area contributed by atoms with Crippen LogP contribution in [0.1, 0.15) is 66.5 Å². The summed E-state index contributed by atoms with van der Waals surface area (Å²) in [5, 5.41) is 0. The van der Waals surface area contributed by atoms with Gasteiger partial charge in [-0.2, -0.15) is 9.97 Å². The maximum Gasteiger partial charge on any atom is 0.347 e. The Morgan fingerprint density at radius 1 is 1.13 bits per heavy atom. The van der Waals surface area contributed by atoms with Crippen molar-refractivity contribution in [3.05, 3.63) is 55.4 Å². The lowest BCUT2D eigenvalue weighted by Gasteiger charge is -2.34. The van der Waals surface area contributed by atoms with Crippen molar-refractivity contribution in [2.45, 2.75) is 78.3 Å². The third-order valence-corrected chi connectivity index (χ3v) is 6.60. The van der Waals surface area contributed by atoms with E-state index in [-0.39, 0.29) is 23.1 Å². The fourth-order valence-electron chi connectivity index (χ4n) is 5.09. The van der Waals surface area contributed by atoms with E-state index in [1.807, 2.05) is 31.7 Å². The molecule has 1 fully saturated rings. The van der Waals surface area contributed by atoms with Crippen molar-refractivity contribution in [2.24, 2.45) is 0 Å². The van der Waals surface area contributed by atoms with Crippen LogP contribution in [0.5, 0.6) is 0 Å². The fourth-order valence-corrected chi connectivity index (χ4v) is 5.09. The number of carbonyl (C=O) groups is 1. The molecule has 166 valence electrons. The van der Waals surface area contributed by atoms with E-state index in [4.69, 9.17) is 0 Å². The molecular weight excluding hydrogens is 394 g/mol. The predicted molar refractivity (Wildman–Crippen MR) is 117 cm³/mol. The summed E-state index contributed by atoms with van der Waals surface area (Å²) >= 11 is 0. The second kappa shape index (κ2) is 8.77. The lowest BCUT2D eigenvalue weighted by atomic mass is 9.91. The molecule has 1 unspecified atom stereocenters. The van der Waals surface area contributed by atoms with Gasteiger partial charge in [0.25, 0.3) is 5.56 Å². The van der Waals surface area contributed by atoms with Gasteiger partial charge in [0.05, 0.1) is 0 Å². The van der Waals surface area contributed by atoms with E-state index in [1.165, 1.54) is 0 Å². The number of aromatic nitrogens is 4. The summed E-state index contributed by atoms with van der Waals surface area (Å²) in [5.74, 6) is 1.18. The second-order valence-corrected chi connectivity index (χ2v) is 8.85. The number of hydrogen-bond acceptors (Lipinski definition) is 5. The van der Waals surface area contributed by atoms with Crippen LogP contribution in [-0.2, 0) is 24.3 Å². The summed E-state index contributed by atoms with van der Waals surface area (Å²) in [7, 11) is 0. The Labute approximate surface area is 181 Å². The molecule has 0 aliphatic carbocycles. The second-order valence-electron chi connectivity index (χ2n) is 8.85. The number of likely N-dealkylation sites (tertiary alicyclic amines) is 1. The summed E-state index contributed by atoms with van der Waals surface area (Å²) in [6.45, 7) is 8.37. The highest BCUT2D eigenvalue weighted by Gasteiger charge is 2.30. The van der Waals surface area contributed by atoms with Crippen molar-refractivity contribution in [2.75, 3.05) is 13.1 Å². The van der Waals surface area contributed by atoms with E-state index in [2.05, 4.69) is 14.5 Å². The summed E-state index contributed by atoms with van der Waals surface area (Å²) in [6.07, 6.45) is 4.79. The monoisotopic (exact) mass is 425 g/mol. The number of aryl methyl sites for hydroxylation is 3. The highest BCUT2D eigenvalue weighted by atomic mass is 16.2. The number of nitrogens with zero attached hydrogens (tertiary/aromatic N) is 5. The van der Waals surface area contributed by atoms with Crippen LogP contribution in [0.4, 0.5) is 0 Å². The highest BCUT2D eigenvalue weighted by molar-refractivity contribution is 5.76. The summed E-state index contributed by atoms with van der Waals surface area (Å²) < 4.78 is 3.85. The molecule has 2 aromatic rings. The standard InChI is InChI=1S/C23H31N5O3/c1-15-13-16(2)27(23(31)24-15)11-6-9-20(29)26-10-4-7-18(14-26)21-17(3)22(30)25-19-8-5-12-28(19)21/h13,18H,4-12,14H2,1-3H3. The van der Waals surface area contributed by atoms with Crippen molar-refractivity contribution in [3.8, 4) is 0 Å². The molecule has 1 amide bonds. The molecular formula is C23H31N5O3. The SMILES string of the molecule is Cc1cc(C)n(CCCC(=O)N2CCCC(c3c(C)c(=O)nc4n3CCC4)C2)c(=O)n1. The molecule has 0 N–H and O–H groups in total. The highest BCUT2D eigenvalue weighted by Crippen LogP contribution is 2.30. The zero-order valence-corrected chi connectivity index (χ0v) is 18.7. The van der Waals surface area contributed by atoms with Crippen molar-refractivity contribution in [1.29, 1.82) is 0 Å². The first-order valence-electron chi connectivity index (χ1n) is 11.3. The summed E-state index contributed by atoms with van der Waals surface area (Å²) in [5.41, 5.74) is 3.01. The zero-order chi connectivity index (χ0) is 22.1. The van der Waals surface area contributed by atoms with Crippen LogP contribution in [0.2, 0.25) is 0 Å². The number of carbonyl (C=O) groups excluding carboxylic acids is 1. The number of rotatable bonds is 5. The first-order valence-corrected chi connectivity index (χ1v) is 11.3. The van der Waals surface area contributed by atoms with E-state index in [1.54, 1.807) is 4.57 Å². The molecule has 1 atom stereocenters. The Hall–Kier alpha value is -2.77. The molecule has 2 aliphatic heterocycles. The third kappa shape index (κ3) is 4.34. The van der Waals surface area contributed by atoms with Crippen LogP contribution in [0, 0.1) is 20.8 Å². The molecule has 0 aromatic carbocycles. The Morgan fingerprint density at radius 3 is 2.71 bits per heavy atom. The van der Waals surface area contributed by atoms with E-state index in [0.29, 0.717) is 31.6 Å². The molecule has 31 heavy (non-hydrogen) atoms. The molecule has 0 saturated carbocycles. The smallest absolute Gasteiger partial charge is 0.342 e. The Balaban J connectivity index is 1.42. The topological polar surface area (TPSA) is 90.1 Å². The largest absolute Gasteiger partial charge is 0.347 e. The zero-order valence-electron chi connectivity index (χ0n) is 18.7. The van der Waals surface area contributed by atoms with Crippen molar-refractivity contribution >= 4 is 5.91 Å². The van der Waals surface area contributed by atoms with Gasteiger partial charge < -0.3 is 9.47 Å². The molecule has 8 nitrogen and oxygen atoms in total. The van der Waals surface area contributed by atoms with Crippen LogP contribution in [-0.4, -0.2) is 43.0 Å². The van der Waals surface area contributed by atoms with Gasteiger partial charge >= 0.3 is 5.69 Å². The molecule has 1 saturated heterocycles. The van der Waals surface area contributed by atoms with Crippen molar-refractivity contribution in [3.63, 3.8) is 0 Å². The molecule has 0 bridgehead atoms. The normalized spacial score (nSPS) is 18.3. The van der Waals surface area contributed by atoms with Gasteiger partial charge in [0.15, 0.2) is 0 Å². The van der Waals surface area contributed by atoms with Gasteiger partial charge in [0, 0.05) is 67.6 Å². The first kappa shape index (κ1) is 21.5. The predicted octanol–water partition coefficient (Wildman–Crippen LogP) is 1.86. The van der Waals surface area contributed by atoms with Gasteiger partial charge in [0.1, 0.15) is 5.82 Å². The minimum absolute atomic E-state index is 0.117. The minimum Gasteiger partial charge on any atom is -0.342 e. The molecule has 4 rings (SSSR count).